The third kappa shape index (κ3) is 3.96. The molecule has 1 aromatic carbocycles. The molecule has 1 aliphatic rings. The summed E-state index contributed by atoms with van der Waals surface area (Å²) in [5, 5.41) is 5.01. The predicted molar refractivity (Wildman–Crippen MR) is 104 cm³/mol. The van der Waals surface area contributed by atoms with Crippen LogP contribution in [0.4, 0.5) is 0 Å². The van der Waals surface area contributed by atoms with Gasteiger partial charge in [0.05, 0.1) is 5.56 Å². The number of carbonyl (C=O) groups is 2. The van der Waals surface area contributed by atoms with Crippen molar-refractivity contribution in [2.24, 2.45) is 5.92 Å². The lowest BCUT2D eigenvalue weighted by atomic mass is 10.0. The maximum Gasteiger partial charge on any atom is 0.253 e. The van der Waals surface area contributed by atoms with Gasteiger partial charge in [0.2, 0.25) is 5.91 Å². The molecule has 0 saturated carbocycles. The van der Waals surface area contributed by atoms with Crippen molar-refractivity contribution in [1.82, 2.24) is 10.2 Å². The first-order valence-corrected chi connectivity index (χ1v) is 10.0. The van der Waals surface area contributed by atoms with Gasteiger partial charge >= 0.3 is 0 Å². The number of fused-ring (bicyclic) bond motifs is 1. The average Bonchev–Trinajstić information content (AvgIpc) is 3.06. The zero-order valence-corrected chi connectivity index (χ0v) is 16.7. The van der Waals surface area contributed by atoms with Gasteiger partial charge in [-0.05, 0) is 57.4 Å². The molecule has 4 nitrogen and oxygen atoms in total. The average molecular weight is 421 g/mol. The number of hydrogen-bond donors (Lipinski definition) is 1. The van der Waals surface area contributed by atoms with Crippen molar-refractivity contribution >= 4 is 39.1 Å². The number of carbonyl (C=O) groups excluding carboxylic acids is 2. The largest absolute Gasteiger partial charge is 0.340 e. The van der Waals surface area contributed by atoms with Gasteiger partial charge in [-0.1, -0.05) is 26.0 Å². The molecule has 2 heterocycles. The monoisotopic (exact) mass is 420 g/mol. The molecule has 0 fully saturated rings. The molecule has 0 bridgehead atoms. The van der Waals surface area contributed by atoms with E-state index in [1.165, 1.54) is 10.4 Å². The van der Waals surface area contributed by atoms with Crippen LogP contribution in [-0.2, 0) is 17.8 Å². The van der Waals surface area contributed by atoms with Gasteiger partial charge in [-0.25, -0.2) is 0 Å². The highest BCUT2D eigenvalue weighted by Gasteiger charge is 2.31. The Balaban J connectivity index is 1.74. The van der Waals surface area contributed by atoms with Gasteiger partial charge in [-0.3, -0.25) is 9.59 Å². The van der Waals surface area contributed by atoms with Crippen LogP contribution in [-0.4, -0.2) is 29.3 Å². The number of nitrogens with one attached hydrogen (secondary N) is 1. The summed E-state index contributed by atoms with van der Waals surface area (Å²) in [7, 11) is 0. The van der Waals surface area contributed by atoms with Crippen molar-refractivity contribution in [3.8, 4) is 0 Å². The van der Waals surface area contributed by atoms with Gasteiger partial charge in [-0.15, -0.1) is 11.3 Å². The summed E-state index contributed by atoms with van der Waals surface area (Å²) in [6, 6.07) is 8.81. The Hall–Kier alpha value is -1.66. The minimum Gasteiger partial charge on any atom is -0.340 e. The molecule has 0 spiro atoms. The highest BCUT2D eigenvalue weighted by molar-refractivity contribution is 9.10. The van der Waals surface area contributed by atoms with Crippen LogP contribution in [0.25, 0.3) is 0 Å². The van der Waals surface area contributed by atoms with Crippen LogP contribution in [0.15, 0.2) is 40.2 Å². The Morgan fingerprint density at radius 2 is 2.00 bits per heavy atom. The van der Waals surface area contributed by atoms with Crippen LogP contribution in [0.1, 0.15) is 34.6 Å². The maximum atomic E-state index is 13.0. The number of thiophene rings is 1. The van der Waals surface area contributed by atoms with E-state index in [2.05, 4.69) is 32.7 Å². The molecule has 132 valence electrons. The summed E-state index contributed by atoms with van der Waals surface area (Å²) >= 11 is 5.15. The van der Waals surface area contributed by atoms with Crippen molar-refractivity contribution in [3.05, 3.63) is 56.2 Å². The lowest BCUT2D eigenvalue weighted by Gasteiger charge is -2.32. The zero-order valence-electron chi connectivity index (χ0n) is 14.3. The Labute approximate surface area is 160 Å². The highest BCUT2D eigenvalue weighted by Crippen LogP contribution is 2.25. The summed E-state index contributed by atoms with van der Waals surface area (Å²) in [6.45, 7) is 5.26. The van der Waals surface area contributed by atoms with Crippen molar-refractivity contribution in [3.63, 3.8) is 0 Å². The van der Waals surface area contributed by atoms with E-state index in [1.54, 1.807) is 17.4 Å². The van der Waals surface area contributed by atoms with Gasteiger partial charge in [0.15, 0.2) is 0 Å². The fraction of sp³-hybridized carbons (Fsp3) is 0.368. The lowest BCUT2D eigenvalue weighted by Crippen LogP contribution is -2.52. The van der Waals surface area contributed by atoms with E-state index in [4.69, 9.17) is 0 Å². The number of nitrogens with zero attached hydrogens (tertiary/aromatic N) is 1. The summed E-state index contributed by atoms with van der Waals surface area (Å²) in [6.07, 6.45) is 0.891. The zero-order chi connectivity index (χ0) is 18.0. The van der Waals surface area contributed by atoms with Crippen LogP contribution in [0.5, 0.6) is 0 Å². The van der Waals surface area contributed by atoms with E-state index in [-0.39, 0.29) is 17.7 Å². The first kappa shape index (κ1) is 18.1. The molecule has 0 aliphatic carbocycles. The number of amides is 2. The van der Waals surface area contributed by atoms with Gasteiger partial charge in [0.25, 0.3) is 5.91 Å². The van der Waals surface area contributed by atoms with E-state index < -0.39 is 6.04 Å². The number of halogens is 1. The normalized spacial score (nSPS) is 15.0. The van der Waals surface area contributed by atoms with Crippen molar-refractivity contribution in [1.29, 1.82) is 0 Å². The van der Waals surface area contributed by atoms with Crippen LogP contribution < -0.4 is 5.32 Å². The third-order valence-corrected chi connectivity index (χ3v) is 6.17. The molecule has 3 rings (SSSR count). The first-order chi connectivity index (χ1) is 12.0. The smallest absolute Gasteiger partial charge is 0.253 e. The summed E-state index contributed by atoms with van der Waals surface area (Å²) in [5.74, 6) is -0.220. The number of hydrogen-bond acceptors (Lipinski definition) is 3. The number of benzene rings is 1. The first-order valence-electron chi connectivity index (χ1n) is 8.36. The van der Waals surface area contributed by atoms with E-state index in [0.717, 1.165) is 10.9 Å². The van der Waals surface area contributed by atoms with Gasteiger partial charge in [0.1, 0.15) is 6.04 Å². The lowest BCUT2D eigenvalue weighted by molar-refractivity contribution is -0.135. The summed E-state index contributed by atoms with van der Waals surface area (Å²) in [4.78, 5) is 28.9. The minimum absolute atomic E-state index is 0.00717. The van der Waals surface area contributed by atoms with Gasteiger partial charge in [-0.2, -0.15) is 0 Å². The molecule has 2 amide bonds. The van der Waals surface area contributed by atoms with Gasteiger partial charge in [0, 0.05) is 22.4 Å². The fourth-order valence-electron chi connectivity index (χ4n) is 3.01. The van der Waals surface area contributed by atoms with Gasteiger partial charge < -0.3 is 10.2 Å². The molecule has 0 radical (unpaired) electrons. The van der Waals surface area contributed by atoms with Crippen molar-refractivity contribution in [2.75, 3.05) is 6.54 Å². The summed E-state index contributed by atoms with van der Waals surface area (Å²) in [5.41, 5.74) is 1.77. The molecule has 1 aromatic heterocycles. The maximum absolute atomic E-state index is 13.0. The second-order valence-electron chi connectivity index (χ2n) is 6.55. The van der Waals surface area contributed by atoms with E-state index in [9.17, 15) is 9.59 Å². The van der Waals surface area contributed by atoms with Crippen LogP contribution in [0.2, 0.25) is 0 Å². The molecular weight excluding hydrogens is 400 g/mol. The quantitative estimate of drug-likeness (QED) is 0.816. The van der Waals surface area contributed by atoms with Crippen LogP contribution >= 0.6 is 27.3 Å². The molecule has 0 saturated heterocycles. The minimum atomic E-state index is -0.528. The highest BCUT2D eigenvalue weighted by atomic mass is 79.9. The summed E-state index contributed by atoms with van der Waals surface area (Å²) < 4.78 is 0.725. The van der Waals surface area contributed by atoms with E-state index in [0.29, 0.717) is 18.7 Å². The molecule has 6 heteroatoms. The number of rotatable bonds is 4. The molecule has 1 atom stereocenters. The predicted octanol–water partition coefficient (Wildman–Crippen LogP) is 3.85. The van der Waals surface area contributed by atoms with Crippen LogP contribution in [0.3, 0.4) is 0 Å². The molecule has 1 N–H and O–H groups in total. The Kier molecular flexibility index (Phi) is 5.59. The fourth-order valence-corrected chi connectivity index (χ4v) is 4.37. The second kappa shape index (κ2) is 7.70. The molecule has 2 aromatic rings. The molecule has 0 unspecified atom stereocenters. The third-order valence-electron chi connectivity index (χ3n) is 4.46. The standard InChI is InChI=1S/C19H21BrN2O2S/c1-12(2)17(21-18(23)14-5-3-4-6-15(14)20)19(24)22-9-7-16-13(11-22)8-10-25-16/h3-6,8,10,12,17H,7,9,11H2,1-2H3,(H,21,23)/t17-/m1/s1. The molecule has 1 aliphatic heterocycles. The van der Waals surface area contributed by atoms with Crippen molar-refractivity contribution in [2.45, 2.75) is 32.9 Å². The topological polar surface area (TPSA) is 49.4 Å². The second-order valence-corrected chi connectivity index (χ2v) is 8.41. The van der Waals surface area contributed by atoms with Crippen molar-refractivity contribution < 1.29 is 9.59 Å². The SMILES string of the molecule is CC(C)[C@@H](NC(=O)c1ccccc1Br)C(=O)N1CCc2sccc2C1. The molecule has 25 heavy (non-hydrogen) atoms. The molecular formula is C19H21BrN2O2S. The van der Waals surface area contributed by atoms with E-state index >= 15 is 0 Å². The Bertz CT molecular complexity index is 787. The van der Waals surface area contributed by atoms with Crippen LogP contribution in [0, 0.1) is 5.92 Å². The Morgan fingerprint density at radius 1 is 1.24 bits per heavy atom. The Morgan fingerprint density at radius 3 is 2.72 bits per heavy atom. The van der Waals surface area contributed by atoms with E-state index in [1.807, 2.05) is 36.9 Å².